The lowest BCUT2D eigenvalue weighted by Crippen LogP contribution is -2.50. The normalized spacial score (nSPS) is 17.1. The summed E-state index contributed by atoms with van der Waals surface area (Å²) in [5.74, 6) is 0.0488. The Morgan fingerprint density at radius 1 is 0.932 bits per heavy atom. The number of fused-ring (bicyclic) bond motifs is 3. The zero-order valence-corrected chi connectivity index (χ0v) is 27.4. The number of unbranched alkanes of at least 4 members (excludes halogenated alkanes) is 3. The second kappa shape index (κ2) is 13.6. The lowest BCUT2D eigenvalue weighted by Gasteiger charge is -2.39. The molecule has 1 aromatic carbocycles. The van der Waals surface area contributed by atoms with Gasteiger partial charge in [-0.3, -0.25) is 9.69 Å². The third-order valence-electron chi connectivity index (χ3n) is 8.37. The Balaban J connectivity index is 1.30. The Hall–Kier alpha value is -3.53. The van der Waals surface area contributed by atoms with Gasteiger partial charge in [0, 0.05) is 50.0 Å². The van der Waals surface area contributed by atoms with Crippen LogP contribution in [0.25, 0.3) is 11.3 Å². The molecule has 1 saturated heterocycles. The van der Waals surface area contributed by atoms with E-state index in [2.05, 4.69) is 25.7 Å². The van der Waals surface area contributed by atoms with E-state index >= 15 is 0 Å². The highest BCUT2D eigenvalue weighted by molar-refractivity contribution is 5.88. The first-order valence-electron chi connectivity index (χ1n) is 15.7. The van der Waals surface area contributed by atoms with Gasteiger partial charge in [0.25, 0.3) is 0 Å². The van der Waals surface area contributed by atoms with Crippen molar-refractivity contribution in [2.24, 2.45) is 5.41 Å². The average molecular weight is 612 g/mol. The first-order chi connectivity index (χ1) is 20.7. The lowest BCUT2D eigenvalue weighted by atomic mass is 9.78. The van der Waals surface area contributed by atoms with Crippen LogP contribution in [0.4, 0.5) is 4.79 Å². The molecular weight excluding hydrogens is 562 g/mol. The van der Waals surface area contributed by atoms with Crippen LogP contribution in [0.3, 0.4) is 0 Å². The summed E-state index contributed by atoms with van der Waals surface area (Å²) in [5, 5.41) is 9.57. The number of rotatable bonds is 10. The van der Waals surface area contributed by atoms with Crippen LogP contribution in [-0.2, 0) is 11.2 Å². The predicted octanol–water partition coefficient (Wildman–Crippen LogP) is 5.86. The van der Waals surface area contributed by atoms with Gasteiger partial charge < -0.3 is 28.8 Å². The maximum Gasteiger partial charge on any atom is 0.410 e. The summed E-state index contributed by atoms with van der Waals surface area (Å²) in [6.45, 7) is 16.8. The molecule has 2 aromatic rings. The third-order valence-corrected chi connectivity index (χ3v) is 8.37. The number of carboxylic acids is 1. The fraction of sp³-hybridized carbons (Fsp3) is 0.618. The largest absolute Gasteiger partial charge is 0.493 e. The summed E-state index contributed by atoms with van der Waals surface area (Å²) in [7, 11) is 1.60. The summed E-state index contributed by atoms with van der Waals surface area (Å²) < 4.78 is 19.3. The SMILES string of the molecule is COc1cc2c(cc1OCCCCCCN1CCN(C(=O)OC(C)(C)C)CC1)CC(C(C)(C)C)n1cc(C(=O)O)c(=O)cc1-2. The Morgan fingerprint density at radius 3 is 2.23 bits per heavy atom. The highest BCUT2D eigenvalue weighted by Crippen LogP contribution is 2.45. The fourth-order valence-electron chi connectivity index (χ4n) is 5.95. The summed E-state index contributed by atoms with van der Waals surface area (Å²) >= 11 is 0. The van der Waals surface area contributed by atoms with Gasteiger partial charge in [-0.05, 0) is 69.7 Å². The monoisotopic (exact) mass is 611 g/mol. The van der Waals surface area contributed by atoms with Crippen molar-refractivity contribution in [2.45, 2.75) is 85.3 Å². The first kappa shape index (κ1) is 33.4. The van der Waals surface area contributed by atoms with E-state index in [0.717, 1.165) is 56.4 Å². The Kier molecular flexibility index (Phi) is 10.3. The second-order valence-electron chi connectivity index (χ2n) is 14.0. The molecule has 1 unspecified atom stereocenters. The van der Waals surface area contributed by atoms with Crippen molar-refractivity contribution < 1.29 is 28.9 Å². The summed E-state index contributed by atoms with van der Waals surface area (Å²) in [6.07, 6.45) is 6.13. The van der Waals surface area contributed by atoms with Crippen molar-refractivity contribution in [1.82, 2.24) is 14.4 Å². The van der Waals surface area contributed by atoms with Gasteiger partial charge in [0.2, 0.25) is 0 Å². The molecule has 2 aliphatic heterocycles. The molecule has 1 fully saturated rings. The topological polar surface area (TPSA) is 111 Å². The molecule has 10 heteroatoms. The van der Waals surface area contributed by atoms with E-state index in [9.17, 15) is 19.5 Å². The van der Waals surface area contributed by atoms with Gasteiger partial charge in [0.05, 0.1) is 19.4 Å². The number of pyridine rings is 1. The molecule has 3 heterocycles. The summed E-state index contributed by atoms with van der Waals surface area (Å²) in [4.78, 5) is 40.9. The zero-order chi connectivity index (χ0) is 32.2. The van der Waals surface area contributed by atoms with E-state index in [1.807, 2.05) is 37.5 Å². The number of carbonyl (C=O) groups is 2. The van der Waals surface area contributed by atoms with Crippen LogP contribution in [0.5, 0.6) is 11.5 Å². The maximum atomic E-state index is 12.7. The van der Waals surface area contributed by atoms with E-state index in [4.69, 9.17) is 14.2 Å². The molecule has 1 aromatic heterocycles. The first-order valence-corrected chi connectivity index (χ1v) is 15.7. The van der Waals surface area contributed by atoms with Crippen LogP contribution in [0.1, 0.15) is 89.2 Å². The Bertz CT molecular complexity index is 1400. The zero-order valence-electron chi connectivity index (χ0n) is 27.4. The van der Waals surface area contributed by atoms with Gasteiger partial charge in [0.1, 0.15) is 11.2 Å². The van der Waals surface area contributed by atoms with Gasteiger partial charge in [-0.1, -0.05) is 33.6 Å². The van der Waals surface area contributed by atoms with Crippen molar-refractivity contribution >= 4 is 12.1 Å². The molecule has 0 saturated carbocycles. The van der Waals surface area contributed by atoms with Crippen LogP contribution in [-0.4, -0.2) is 83.6 Å². The number of benzene rings is 1. The fourth-order valence-corrected chi connectivity index (χ4v) is 5.95. The molecule has 0 aliphatic carbocycles. The van der Waals surface area contributed by atoms with Crippen molar-refractivity contribution in [3.63, 3.8) is 0 Å². The number of carbonyl (C=O) groups excluding carboxylic acids is 1. The minimum Gasteiger partial charge on any atom is -0.493 e. The van der Waals surface area contributed by atoms with Crippen LogP contribution in [0.2, 0.25) is 0 Å². The molecule has 10 nitrogen and oxygen atoms in total. The van der Waals surface area contributed by atoms with Gasteiger partial charge >= 0.3 is 12.1 Å². The van der Waals surface area contributed by atoms with Gasteiger partial charge in [-0.25, -0.2) is 9.59 Å². The number of ether oxygens (including phenoxy) is 3. The van der Waals surface area contributed by atoms with Crippen LogP contribution in [0, 0.1) is 5.41 Å². The van der Waals surface area contributed by atoms with Crippen LogP contribution < -0.4 is 14.9 Å². The van der Waals surface area contributed by atoms with Gasteiger partial charge in [-0.15, -0.1) is 0 Å². The minimum atomic E-state index is -1.22. The van der Waals surface area contributed by atoms with E-state index in [0.29, 0.717) is 43.3 Å². The highest BCUT2D eigenvalue weighted by atomic mass is 16.6. The lowest BCUT2D eigenvalue weighted by molar-refractivity contribution is 0.0144. The molecule has 0 radical (unpaired) electrons. The van der Waals surface area contributed by atoms with Gasteiger partial charge in [0.15, 0.2) is 16.9 Å². The average Bonchev–Trinajstić information content (AvgIpc) is 2.94. The van der Waals surface area contributed by atoms with Crippen molar-refractivity contribution in [1.29, 1.82) is 0 Å². The van der Waals surface area contributed by atoms with Crippen molar-refractivity contribution in [2.75, 3.05) is 46.4 Å². The molecule has 242 valence electrons. The number of amides is 1. The molecule has 0 bridgehead atoms. The molecule has 1 N–H and O–H groups in total. The van der Waals surface area contributed by atoms with Crippen molar-refractivity contribution in [3.05, 3.63) is 45.7 Å². The van der Waals surface area contributed by atoms with Crippen LogP contribution >= 0.6 is 0 Å². The molecule has 4 rings (SSSR count). The third kappa shape index (κ3) is 8.14. The number of hydrogen-bond donors (Lipinski definition) is 1. The van der Waals surface area contributed by atoms with E-state index in [1.165, 1.54) is 12.3 Å². The Morgan fingerprint density at radius 2 is 1.61 bits per heavy atom. The molecule has 1 amide bonds. The molecule has 2 aliphatic rings. The number of methoxy groups -OCH3 is 1. The second-order valence-corrected chi connectivity index (χ2v) is 14.0. The smallest absolute Gasteiger partial charge is 0.410 e. The quantitative estimate of drug-likeness (QED) is 0.333. The van der Waals surface area contributed by atoms with E-state index < -0.39 is 17.0 Å². The van der Waals surface area contributed by atoms with Crippen molar-refractivity contribution in [3.8, 4) is 22.8 Å². The minimum absolute atomic E-state index is 0.0368. The number of nitrogens with zero attached hydrogens (tertiary/aromatic N) is 3. The van der Waals surface area contributed by atoms with E-state index in [-0.39, 0.29) is 23.1 Å². The molecule has 0 spiro atoms. The molecule has 44 heavy (non-hydrogen) atoms. The molecule has 1 atom stereocenters. The Labute approximate surface area is 260 Å². The molecular formula is C34H49N3O7. The standard InChI is InChI=1S/C34H49N3O7/c1-33(2,3)30-19-23-18-29(28(42-7)20-24(23)26-21-27(38)25(31(39)40)22-37(26)30)43-17-11-9-8-10-12-35-13-15-36(16-14-35)32(41)44-34(4,5)6/h18,20-22,30H,8-17,19H2,1-7H3,(H,39,40). The predicted molar refractivity (Wildman–Crippen MR) is 170 cm³/mol. The van der Waals surface area contributed by atoms with Crippen LogP contribution in [0.15, 0.2) is 29.2 Å². The number of hydrogen-bond acceptors (Lipinski definition) is 7. The summed E-state index contributed by atoms with van der Waals surface area (Å²) in [6, 6.07) is 5.31. The van der Waals surface area contributed by atoms with E-state index in [1.54, 1.807) is 12.0 Å². The number of carboxylic acid groups (broad SMARTS) is 1. The van der Waals surface area contributed by atoms with Gasteiger partial charge in [-0.2, -0.15) is 0 Å². The number of aromatic carboxylic acids is 1. The number of piperazine rings is 1. The maximum absolute atomic E-state index is 12.7. The summed E-state index contributed by atoms with van der Waals surface area (Å²) in [5.41, 5.74) is 1.22. The highest BCUT2D eigenvalue weighted by Gasteiger charge is 2.34. The number of aromatic nitrogens is 1.